The number of carboxylic acids is 2. The summed E-state index contributed by atoms with van der Waals surface area (Å²) in [6.07, 6.45) is 10.0. The van der Waals surface area contributed by atoms with Gasteiger partial charge in [-0.15, -0.1) is 0 Å². The van der Waals surface area contributed by atoms with Gasteiger partial charge in [-0.1, -0.05) is 38.5 Å². The van der Waals surface area contributed by atoms with Crippen molar-refractivity contribution >= 4 is 11.9 Å². The maximum absolute atomic E-state index is 10.2. The van der Waals surface area contributed by atoms with Gasteiger partial charge in [0, 0.05) is 11.9 Å². The first-order valence-electron chi connectivity index (χ1n) is 7.03. The summed E-state index contributed by atoms with van der Waals surface area (Å²) in [6.45, 7) is 0. The Kier molecular flexibility index (Phi) is 22.5. The van der Waals surface area contributed by atoms with Crippen molar-refractivity contribution in [3.8, 4) is 0 Å². The molecule has 0 unspecified atom stereocenters. The molecule has 0 spiro atoms. The Morgan fingerprint density at radius 2 is 0.864 bits per heavy atom. The van der Waals surface area contributed by atoms with Crippen LogP contribution in [0.1, 0.15) is 64.2 Å². The molecule has 2 fully saturated rings. The summed E-state index contributed by atoms with van der Waals surface area (Å²) >= 11 is 0. The molecule has 0 aromatic rings. The molecule has 0 heterocycles. The van der Waals surface area contributed by atoms with E-state index in [0.717, 1.165) is 51.4 Å². The fourth-order valence-corrected chi connectivity index (χ4v) is 2.68. The number of aliphatic carboxylic acids is 2. The third-order valence-electron chi connectivity index (χ3n) is 3.88. The predicted octanol–water partition coefficient (Wildman–Crippen LogP) is -2.04. The molecular formula is C14H30O7Zn+2. The molecule has 0 amide bonds. The molecule has 0 aliphatic heterocycles. The molecule has 7 nitrogen and oxygen atoms in total. The summed E-state index contributed by atoms with van der Waals surface area (Å²) in [5.74, 6) is -1.98. The Hall–Kier alpha value is -0.557. The van der Waals surface area contributed by atoms with Crippen LogP contribution in [-0.4, -0.2) is 17.4 Å². The van der Waals surface area contributed by atoms with Crippen LogP contribution in [0, 0.1) is 11.8 Å². The maximum Gasteiger partial charge on any atom is 2.00 e. The third-order valence-corrected chi connectivity index (χ3v) is 3.88. The summed E-state index contributed by atoms with van der Waals surface area (Å²) in [5.41, 5.74) is 0. The minimum atomic E-state index is -0.852. The van der Waals surface area contributed by atoms with E-state index in [1.807, 2.05) is 0 Å². The Morgan fingerprint density at radius 3 is 1.00 bits per heavy atom. The average molecular weight is 376 g/mol. The zero-order chi connectivity index (χ0) is 13.4. The summed E-state index contributed by atoms with van der Waals surface area (Å²) in [7, 11) is 0. The van der Waals surface area contributed by atoms with E-state index < -0.39 is 11.9 Å². The third kappa shape index (κ3) is 12.0. The molecule has 8 heteroatoms. The van der Waals surface area contributed by atoms with Gasteiger partial charge in [0.1, 0.15) is 0 Å². The second kappa shape index (κ2) is 16.8. The van der Waals surface area contributed by atoms with Crippen molar-refractivity contribution in [2.45, 2.75) is 64.2 Å². The molecule has 0 atom stereocenters. The SMILES string of the molecule is O.O=C([O-])C1CCCCC1.O=C([O-])C1CCCCC1.[OH3+].[OH3+].[Zn+2]. The van der Waals surface area contributed by atoms with Crippen LogP contribution in [0.4, 0.5) is 0 Å². The second-order valence-electron chi connectivity index (χ2n) is 5.31. The monoisotopic (exact) mass is 374 g/mol. The zero-order valence-electron chi connectivity index (χ0n) is 13.2. The van der Waals surface area contributed by atoms with E-state index in [1.54, 1.807) is 0 Å². The average Bonchev–Trinajstić information content (AvgIpc) is 2.41. The first-order valence-corrected chi connectivity index (χ1v) is 7.03. The van der Waals surface area contributed by atoms with Gasteiger partial charge in [0.25, 0.3) is 0 Å². The molecule has 0 aromatic carbocycles. The van der Waals surface area contributed by atoms with Crippen molar-refractivity contribution in [2.24, 2.45) is 11.8 Å². The molecule has 2 aliphatic rings. The fraction of sp³-hybridized carbons (Fsp3) is 0.857. The number of carbonyl (C=O) groups excluding carboxylic acids is 2. The molecule has 2 saturated carbocycles. The molecule has 0 radical (unpaired) electrons. The number of hydrogen-bond donors (Lipinski definition) is 0. The Bertz CT molecular complexity index is 246. The minimum absolute atomic E-state index is 0. The van der Waals surface area contributed by atoms with Gasteiger partial charge in [0.2, 0.25) is 0 Å². The van der Waals surface area contributed by atoms with Crippen LogP contribution in [0.15, 0.2) is 0 Å². The normalized spacial score (nSPS) is 17.8. The van der Waals surface area contributed by atoms with Crippen LogP contribution < -0.4 is 10.2 Å². The topological polar surface area (TPSA) is 178 Å². The van der Waals surface area contributed by atoms with Crippen molar-refractivity contribution in [2.75, 3.05) is 0 Å². The van der Waals surface area contributed by atoms with Gasteiger partial charge in [0.05, 0.1) is 0 Å². The smallest absolute Gasteiger partial charge is 0.550 e. The van der Waals surface area contributed by atoms with Gasteiger partial charge in [-0.3, -0.25) is 0 Å². The van der Waals surface area contributed by atoms with Crippen molar-refractivity contribution in [1.29, 1.82) is 0 Å². The van der Waals surface area contributed by atoms with Crippen LogP contribution >= 0.6 is 0 Å². The fourth-order valence-electron chi connectivity index (χ4n) is 2.68. The van der Waals surface area contributed by atoms with E-state index >= 15 is 0 Å². The van der Waals surface area contributed by atoms with E-state index in [-0.39, 0.29) is 47.7 Å². The Balaban J connectivity index is -0.000000125. The molecule has 22 heavy (non-hydrogen) atoms. The zero-order valence-corrected chi connectivity index (χ0v) is 16.2. The van der Waals surface area contributed by atoms with E-state index in [9.17, 15) is 19.8 Å². The first-order chi connectivity index (χ1) is 8.61. The van der Waals surface area contributed by atoms with Crippen LogP contribution in [0.2, 0.25) is 0 Å². The van der Waals surface area contributed by atoms with E-state index in [4.69, 9.17) is 0 Å². The van der Waals surface area contributed by atoms with E-state index in [2.05, 4.69) is 0 Å². The molecule has 0 bridgehead atoms. The molecule has 128 valence electrons. The van der Waals surface area contributed by atoms with Crippen molar-refractivity contribution in [3.63, 3.8) is 0 Å². The standard InChI is InChI=1S/2C7H12O2.3H2O.Zn/c2*8-7(9)6-4-2-1-3-5-6;;;;/h2*6H,1-5H2,(H,8,9);3*1H2;/q;;;;;+2. The number of carboxylic acid groups (broad SMARTS) is 2. The first kappa shape index (κ1) is 29.5. The summed E-state index contributed by atoms with van der Waals surface area (Å²) in [4.78, 5) is 20.5. The summed E-state index contributed by atoms with van der Waals surface area (Å²) in [5, 5.41) is 20.5. The quantitative estimate of drug-likeness (QED) is 0.399. The second-order valence-corrected chi connectivity index (χ2v) is 5.31. The van der Waals surface area contributed by atoms with Gasteiger partial charge < -0.3 is 36.2 Å². The predicted molar refractivity (Wildman–Crippen MR) is 76.5 cm³/mol. The minimum Gasteiger partial charge on any atom is -0.550 e. The number of carbonyl (C=O) groups is 2. The van der Waals surface area contributed by atoms with Crippen LogP contribution in [0.3, 0.4) is 0 Å². The summed E-state index contributed by atoms with van der Waals surface area (Å²) in [6, 6.07) is 0. The van der Waals surface area contributed by atoms with Gasteiger partial charge >= 0.3 is 19.5 Å². The molecule has 0 saturated heterocycles. The van der Waals surface area contributed by atoms with Gasteiger partial charge in [-0.25, -0.2) is 0 Å². The van der Waals surface area contributed by atoms with Crippen LogP contribution in [0.5, 0.6) is 0 Å². The Labute approximate surface area is 144 Å². The summed E-state index contributed by atoms with van der Waals surface area (Å²) < 4.78 is 0. The van der Waals surface area contributed by atoms with Crippen molar-refractivity contribution < 1.29 is 55.7 Å². The van der Waals surface area contributed by atoms with E-state index in [1.165, 1.54) is 12.8 Å². The Morgan fingerprint density at radius 1 is 0.636 bits per heavy atom. The van der Waals surface area contributed by atoms with E-state index in [0.29, 0.717) is 0 Å². The molecule has 2 rings (SSSR count). The van der Waals surface area contributed by atoms with Crippen LogP contribution in [0.25, 0.3) is 0 Å². The van der Waals surface area contributed by atoms with Crippen molar-refractivity contribution in [1.82, 2.24) is 0 Å². The van der Waals surface area contributed by atoms with Crippen molar-refractivity contribution in [3.05, 3.63) is 0 Å². The molecule has 0 aromatic heterocycles. The van der Waals surface area contributed by atoms with Gasteiger partial charge in [0.15, 0.2) is 0 Å². The van der Waals surface area contributed by atoms with Crippen LogP contribution in [-0.2, 0) is 40.0 Å². The largest absolute Gasteiger partial charge is 2.00 e. The number of hydrogen-bond acceptors (Lipinski definition) is 4. The molecule has 2 aliphatic carbocycles. The number of rotatable bonds is 2. The maximum atomic E-state index is 10.2. The molecular weight excluding hydrogens is 346 g/mol. The molecule has 8 N–H and O–H groups in total. The van der Waals surface area contributed by atoms with Gasteiger partial charge in [-0.2, -0.15) is 0 Å². The van der Waals surface area contributed by atoms with Gasteiger partial charge in [-0.05, 0) is 37.5 Å².